The zero-order valence-electron chi connectivity index (χ0n) is 12.2. The Kier molecular flexibility index (Phi) is 5.64. The summed E-state index contributed by atoms with van der Waals surface area (Å²) in [6.45, 7) is 2.42. The Balaban J connectivity index is 2.13. The minimum absolute atomic E-state index is 0.161. The van der Waals surface area contributed by atoms with E-state index in [-0.39, 0.29) is 6.10 Å². The van der Waals surface area contributed by atoms with Crippen molar-refractivity contribution in [3.63, 3.8) is 0 Å². The number of aliphatic hydroxyl groups excluding tert-OH is 1. The molecule has 1 aliphatic rings. The van der Waals surface area contributed by atoms with Crippen molar-refractivity contribution < 1.29 is 14.6 Å². The standard InChI is InChI=1S/C15H24N2O3/c1-16-10-13(18)11-5-6-14(19-2)15(8-11)20-12-4-3-7-17-9-12/h5-6,8,12-13,16-18H,3-4,7,9-10H2,1-2H3. The molecule has 5 nitrogen and oxygen atoms in total. The quantitative estimate of drug-likeness (QED) is 0.728. The maximum Gasteiger partial charge on any atom is 0.162 e. The van der Waals surface area contributed by atoms with Gasteiger partial charge in [0.1, 0.15) is 6.10 Å². The number of hydrogen-bond donors (Lipinski definition) is 3. The molecule has 112 valence electrons. The van der Waals surface area contributed by atoms with Crippen molar-refractivity contribution in [3.05, 3.63) is 23.8 Å². The van der Waals surface area contributed by atoms with Crippen LogP contribution in [-0.2, 0) is 0 Å². The fourth-order valence-corrected chi connectivity index (χ4v) is 2.40. The van der Waals surface area contributed by atoms with E-state index in [4.69, 9.17) is 9.47 Å². The molecule has 0 aliphatic carbocycles. The van der Waals surface area contributed by atoms with Crippen molar-refractivity contribution in [2.45, 2.75) is 25.0 Å². The zero-order chi connectivity index (χ0) is 14.4. The Labute approximate surface area is 120 Å². The summed E-state index contributed by atoms with van der Waals surface area (Å²) in [5.74, 6) is 1.41. The maximum atomic E-state index is 10.0. The van der Waals surface area contributed by atoms with Crippen molar-refractivity contribution in [1.29, 1.82) is 0 Å². The monoisotopic (exact) mass is 280 g/mol. The summed E-state index contributed by atoms with van der Waals surface area (Å²) in [7, 11) is 3.45. The van der Waals surface area contributed by atoms with E-state index >= 15 is 0 Å². The number of aliphatic hydroxyl groups is 1. The third kappa shape index (κ3) is 3.85. The van der Waals surface area contributed by atoms with Crippen LogP contribution in [0.15, 0.2) is 18.2 Å². The maximum absolute atomic E-state index is 10.0. The zero-order valence-corrected chi connectivity index (χ0v) is 12.2. The molecular weight excluding hydrogens is 256 g/mol. The number of hydrogen-bond acceptors (Lipinski definition) is 5. The normalized spacial score (nSPS) is 20.4. The highest BCUT2D eigenvalue weighted by Crippen LogP contribution is 2.31. The fourth-order valence-electron chi connectivity index (χ4n) is 2.40. The largest absolute Gasteiger partial charge is 0.493 e. The molecule has 1 aromatic carbocycles. The van der Waals surface area contributed by atoms with E-state index in [0.717, 1.165) is 31.5 Å². The van der Waals surface area contributed by atoms with Crippen LogP contribution in [0.3, 0.4) is 0 Å². The molecule has 1 saturated heterocycles. The number of likely N-dealkylation sites (N-methyl/N-ethyl adjacent to an activating group) is 1. The first-order chi connectivity index (χ1) is 9.74. The Morgan fingerprint density at radius 1 is 1.45 bits per heavy atom. The fraction of sp³-hybridized carbons (Fsp3) is 0.600. The van der Waals surface area contributed by atoms with Crippen molar-refractivity contribution in [2.75, 3.05) is 33.8 Å². The topological polar surface area (TPSA) is 62.8 Å². The molecule has 5 heteroatoms. The van der Waals surface area contributed by atoms with Crippen LogP contribution in [0.25, 0.3) is 0 Å². The minimum Gasteiger partial charge on any atom is -0.493 e. The highest BCUT2D eigenvalue weighted by Gasteiger charge is 2.18. The van der Waals surface area contributed by atoms with Gasteiger partial charge in [-0.3, -0.25) is 0 Å². The first-order valence-electron chi connectivity index (χ1n) is 7.12. The van der Waals surface area contributed by atoms with Crippen LogP contribution in [0.1, 0.15) is 24.5 Å². The van der Waals surface area contributed by atoms with Crippen LogP contribution in [0, 0.1) is 0 Å². The Morgan fingerprint density at radius 3 is 2.95 bits per heavy atom. The van der Waals surface area contributed by atoms with Gasteiger partial charge >= 0.3 is 0 Å². The van der Waals surface area contributed by atoms with Gasteiger partial charge < -0.3 is 25.2 Å². The molecular formula is C15H24N2O3. The van der Waals surface area contributed by atoms with Gasteiger partial charge in [0, 0.05) is 13.1 Å². The molecule has 1 fully saturated rings. The summed E-state index contributed by atoms with van der Waals surface area (Å²) in [6.07, 6.45) is 1.78. The van der Waals surface area contributed by atoms with Crippen molar-refractivity contribution in [3.8, 4) is 11.5 Å². The summed E-state index contributed by atoms with van der Waals surface area (Å²) < 4.78 is 11.4. The summed E-state index contributed by atoms with van der Waals surface area (Å²) in [5, 5.41) is 16.3. The average molecular weight is 280 g/mol. The lowest BCUT2D eigenvalue weighted by Gasteiger charge is -2.25. The summed E-state index contributed by atoms with van der Waals surface area (Å²) in [5.41, 5.74) is 0.832. The number of benzene rings is 1. The molecule has 1 aromatic rings. The third-order valence-corrected chi connectivity index (χ3v) is 3.52. The first kappa shape index (κ1) is 15.1. The molecule has 2 rings (SSSR count). The van der Waals surface area contributed by atoms with Gasteiger partial charge in [0.25, 0.3) is 0 Å². The van der Waals surface area contributed by atoms with Gasteiger partial charge in [-0.15, -0.1) is 0 Å². The molecule has 2 unspecified atom stereocenters. The number of ether oxygens (including phenoxy) is 2. The van der Waals surface area contributed by atoms with Crippen LogP contribution in [0.4, 0.5) is 0 Å². The Bertz CT molecular complexity index is 420. The van der Waals surface area contributed by atoms with E-state index < -0.39 is 6.10 Å². The van der Waals surface area contributed by atoms with Gasteiger partial charge in [-0.05, 0) is 44.1 Å². The number of nitrogens with one attached hydrogen (secondary N) is 2. The smallest absolute Gasteiger partial charge is 0.162 e. The SMILES string of the molecule is CNCC(O)c1ccc(OC)c(OC2CCCNC2)c1. The second-order valence-electron chi connectivity index (χ2n) is 5.07. The summed E-state index contributed by atoms with van der Waals surface area (Å²) >= 11 is 0. The molecule has 20 heavy (non-hydrogen) atoms. The van der Waals surface area contributed by atoms with E-state index in [1.54, 1.807) is 7.11 Å². The summed E-state index contributed by atoms with van der Waals surface area (Å²) in [6, 6.07) is 5.59. The van der Waals surface area contributed by atoms with Crippen LogP contribution in [0.5, 0.6) is 11.5 Å². The molecule has 0 saturated carbocycles. The minimum atomic E-state index is -0.544. The highest BCUT2D eigenvalue weighted by molar-refractivity contribution is 5.43. The van der Waals surface area contributed by atoms with Gasteiger partial charge in [-0.25, -0.2) is 0 Å². The third-order valence-electron chi connectivity index (χ3n) is 3.52. The molecule has 1 aliphatic heterocycles. The Morgan fingerprint density at radius 2 is 2.30 bits per heavy atom. The highest BCUT2D eigenvalue weighted by atomic mass is 16.5. The lowest BCUT2D eigenvalue weighted by molar-refractivity contribution is 0.157. The Hall–Kier alpha value is -1.30. The van der Waals surface area contributed by atoms with Crippen LogP contribution in [-0.4, -0.2) is 45.0 Å². The van der Waals surface area contributed by atoms with Crippen LogP contribution >= 0.6 is 0 Å². The predicted octanol–water partition coefficient (Wildman–Crippen LogP) is 1.08. The van der Waals surface area contributed by atoms with Crippen molar-refractivity contribution in [2.24, 2.45) is 0 Å². The van der Waals surface area contributed by atoms with Crippen LogP contribution in [0.2, 0.25) is 0 Å². The van der Waals surface area contributed by atoms with E-state index in [1.165, 1.54) is 0 Å². The van der Waals surface area contributed by atoms with Gasteiger partial charge in [0.15, 0.2) is 11.5 Å². The van der Waals surface area contributed by atoms with Gasteiger partial charge in [0.2, 0.25) is 0 Å². The molecule has 1 heterocycles. The second-order valence-corrected chi connectivity index (χ2v) is 5.07. The lowest BCUT2D eigenvalue weighted by atomic mass is 10.1. The van der Waals surface area contributed by atoms with Gasteiger partial charge in [0.05, 0.1) is 13.2 Å². The second kappa shape index (κ2) is 7.47. The molecule has 0 aromatic heterocycles. The lowest BCUT2D eigenvalue weighted by Crippen LogP contribution is -2.37. The van der Waals surface area contributed by atoms with E-state index in [1.807, 2.05) is 25.2 Å². The molecule has 3 N–H and O–H groups in total. The molecule has 0 amide bonds. The van der Waals surface area contributed by atoms with Crippen molar-refractivity contribution in [1.82, 2.24) is 10.6 Å². The number of rotatable bonds is 6. The molecule has 0 bridgehead atoms. The molecule has 2 atom stereocenters. The van der Waals surface area contributed by atoms with Gasteiger partial charge in [-0.2, -0.15) is 0 Å². The predicted molar refractivity (Wildman–Crippen MR) is 78.4 cm³/mol. The van der Waals surface area contributed by atoms with Gasteiger partial charge in [-0.1, -0.05) is 6.07 Å². The summed E-state index contributed by atoms with van der Waals surface area (Å²) in [4.78, 5) is 0. The van der Waals surface area contributed by atoms with E-state index in [9.17, 15) is 5.11 Å². The first-order valence-corrected chi connectivity index (χ1v) is 7.12. The van der Waals surface area contributed by atoms with Crippen LogP contribution < -0.4 is 20.1 Å². The van der Waals surface area contributed by atoms with E-state index in [0.29, 0.717) is 18.0 Å². The van der Waals surface area contributed by atoms with Crippen molar-refractivity contribution >= 4 is 0 Å². The number of methoxy groups -OCH3 is 1. The van der Waals surface area contributed by atoms with E-state index in [2.05, 4.69) is 10.6 Å². The molecule has 0 spiro atoms. The average Bonchev–Trinajstić information content (AvgIpc) is 2.48. The molecule has 0 radical (unpaired) electrons. The number of piperidine rings is 1.